The van der Waals surface area contributed by atoms with Crippen LogP contribution >= 0.6 is 0 Å². The maximum absolute atomic E-state index is 11.8. The largest absolute Gasteiger partial charge is 1.00 e. The average Bonchev–Trinajstić information content (AvgIpc) is 2.14. The summed E-state index contributed by atoms with van der Waals surface area (Å²) in [6.07, 6.45) is -0.836. The number of aromatic hydroxyl groups is 1. The van der Waals surface area contributed by atoms with Crippen molar-refractivity contribution < 1.29 is 49.3 Å². The molecule has 0 fully saturated rings. The smallest absolute Gasteiger partial charge is 1.00 e. The molecule has 0 amide bonds. The molecule has 1 rings (SSSR count). The van der Waals surface area contributed by atoms with Gasteiger partial charge in [-0.15, -0.1) is 0 Å². The van der Waals surface area contributed by atoms with Crippen molar-refractivity contribution in [3.8, 4) is 5.75 Å². The summed E-state index contributed by atoms with van der Waals surface area (Å²) in [7, 11) is 0. The third-order valence-corrected chi connectivity index (χ3v) is 2.11. The van der Waals surface area contributed by atoms with Crippen molar-refractivity contribution in [1.29, 1.82) is 0 Å². The number of phenolic OH excluding ortho intramolecular Hbond substituents is 1. The minimum atomic E-state index is -0.836. The van der Waals surface area contributed by atoms with Gasteiger partial charge < -0.3 is 23.4 Å². The molecule has 1 unspecified atom stereocenters. The van der Waals surface area contributed by atoms with E-state index in [0.717, 1.165) is 0 Å². The maximum atomic E-state index is 11.8. The molecule has 98 valence electrons. The second-order valence-corrected chi connectivity index (χ2v) is 4.95. The van der Waals surface area contributed by atoms with Crippen molar-refractivity contribution in [1.82, 2.24) is 0 Å². The molecule has 4 nitrogen and oxygen atoms in total. The molecule has 6 heteroatoms. The number of carbonyl (C=O) groups is 1. The summed E-state index contributed by atoms with van der Waals surface area (Å²) < 4.78 is 5.20. The Hall–Kier alpha value is -0.485. The normalized spacial score (nSPS) is 11.8. The van der Waals surface area contributed by atoms with Crippen molar-refractivity contribution in [2.75, 3.05) is 0 Å². The summed E-state index contributed by atoms with van der Waals surface area (Å²) in [5, 5.41) is 18.9. The number of ether oxygens (including phenoxy) is 1. The maximum Gasteiger partial charge on any atom is 1.00 e. The third-order valence-electron chi connectivity index (χ3n) is 2.11. The molecular formula is C13H18BNaO4. The van der Waals surface area contributed by atoms with Gasteiger partial charge in [-0.3, -0.25) is 0 Å². The van der Waals surface area contributed by atoms with Crippen LogP contribution in [0, 0.1) is 0 Å². The van der Waals surface area contributed by atoms with E-state index in [9.17, 15) is 15.0 Å². The van der Waals surface area contributed by atoms with E-state index in [0.29, 0.717) is 11.1 Å². The van der Waals surface area contributed by atoms with E-state index in [-0.39, 0.29) is 43.7 Å². The Morgan fingerprint density at radius 3 is 2.26 bits per heavy atom. The standard InChI is InChI=1S/C13H18O4.B.Na/c1-8(14)10-7-9(5-6-11(10)15)12(16)17-13(2,3)4;;/h5-8,14-15H,1-4H3;;/q;-1;+1. The molecule has 19 heavy (non-hydrogen) atoms. The first kappa shape index (κ1) is 20.8. The van der Waals surface area contributed by atoms with Crippen LogP contribution in [0.25, 0.3) is 0 Å². The Morgan fingerprint density at radius 2 is 1.84 bits per heavy atom. The van der Waals surface area contributed by atoms with E-state index in [1.54, 1.807) is 20.8 Å². The molecule has 0 aliphatic rings. The van der Waals surface area contributed by atoms with Gasteiger partial charge in [0.1, 0.15) is 11.4 Å². The Balaban J connectivity index is 0. The van der Waals surface area contributed by atoms with E-state index >= 15 is 0 Å². The van der Waals surface area contributed by atoms with Gasteiger partial charge in [0.25, 0.3) is 0 Å². The molecule has 2 N–H and O–H groups in total. The summed E-state index contributed by atoms with van der Waals surface area (Å²) in [5.74, 6) is -0.508. The first-order valence-corrected chi connectivity index (χ1v) is 5.45. The van der Waals surface area contributed by atoms with Crippen LogP contribution in [0.2, 0.25) is 0 Å². The number of hydrogen-bond acceptors (Lipinski definition) is 4. The Labute approximate surface area is 138 Å². The van der Waals surface area contributed by atoms with Crippen LogP contribution in [-0.4, -0.2) is 30.2 Å². The van der Waals surface area contributed by atoms with E-state index in [1.165, 1.54) is 25.1 Å². The molecule has 0 bridgehead atoms. The van der Waals surface area contributed by atoms with Gasteiger partial charge in [-0.1, -0.05) is 0 Å². The summed E-state index contributed by atoms with van der Waals surface area (Å²) in [4.78, 5) is 11.8. The molecule has 0 heterocycles. The Morgan fingerprint density at radius 1 is 1.32 bits per heavy atom. The number of hydrogen-bond donors (Lipinski definition) is 2. The predicted molar refractivity (Wildman–Crippen MR) is 69.7 cm³/mol. The number of aliphatic hydroxyl groups excluding tert-OH is 1. The van der Waals surface area contributed by atoms with E-state index < -0.39 is 17.7 Å². The van der Waals surface area contributed by atoms with Crippen molar-refractivity contribution in [2.24, 2.45) is 0 Å². The summed E-state index contributed by atoms with van der Waals surface area (Å²) in [6.45, 7) is 6.86. The zero-order valence-electron chi connectivity index (χ0n) is 12.1. The first-order chi connectivity index (χ1) is 7.70. The average molecular weight is 272 g/mol. The monoisotopic (exact) mass is 272 g/mol. The fraction of sp³-hybridized carbons (Fsp3) is 0.462. The minimum absolute atomic E-state index is 0. The number of phenols is 1. The van der Waals surface area contributed by atoms with E-state index in [1.807, 2.05) is 0 Å². The molecule has 1 aromatic carbocycles. The minimum Gasteiger partial charge on any atom is -1.00 e. The van der Waals surface area contributed by atoms with Gasteiger partial charge in [0, 0.05) is 5.56 Å². The molecule has 0 saturated carbocycles. The van der Waals surface area contributed by atoms with Crippen LogP contribution in [0.1, 0.15) is 49.7 Å². The third kappa shape index (κ3) is 6.48. The molecule has 0 aliphatic carbocycles. The number of benzene rings is 1. The molecular weight excluding hydrogens is 254 g/mol. The van der Waals surface area contributed by atoms with Gasteiger partial charge in [-0.2, -0.15) is 0 Å². The fourth-order valence-electron chi connectivity index (χ4n) is 1.35. The number of aliphatic hydroxyl groups is 1. The van der Waals surface area contributed by atoms with Gasteiger partial charge in [-0.05, 0) is 45.9 Å². The quantitative estimate of drug-likeness (QED) is 0.536. The summed E-state index contributed by atoms with van der Waals surface area (Å²) >= 11 is 0. The zero-order chi connectivity index (χ0) is 13.2. The molecule has 0 aliphatic heterocycles. The number of esters is 1. The van der Waals surface area contributed by atoms with Gasteiger partial charge >= 0.3 is 35.5 Å². The molecule has 1 atom stereocenters. The van der Waals surface area contributed by atoms with Gasteiger partial charge in [0.05, 0.1) is 11.7 Å². The van der Waals surface area contributed by atoms with E-state index in [4.69, 9.17) is 4.74 Å². The van der Waals surface area contributed by atoms with Crippen molar-refractivity contribution in [3.05, 3.63) is 29.3 Å². The van der Waals surface area contributed by atoms with Crippen LogP contribution in [0.5, 0.6) is 5.75 Å². The van der Waals surface area contributed by atoms with Crippen LogP contribution in [0.4, 0.5) is 0 Å². The predicted octanol–water partition coefficient (Wildman–Crippen LogP) is -0.976. The summed E-state index contributed by atoms with van der Waals surface area (Å²) in [5.41, 5.74) is 0.0574. The number of rotatable bonds is 2. The van der Waals surface area contributed by atoms with Crippen molar-refractivity contribution >= 4 is 14.4 Å². The van der Waals surface area contributed by atoms with Crippen LogP contribution < -0.4 is 29.6 Å². The Kier molecular flexibility index (Phi) is 8.71. The second kappa shape index (κ2) is 7.95. The van der Waals surface area contributed by atoms with E-state index in [2.05, 4.69) is 0 Å². The van der Waals surface area contributed by atoms with Crippen molar-refractivity contribution in [3.63, 3.8) is 0 Å². The first-order valence-electron chi connectivity index (χ1n) is 5.45. The molecule has 0 spiro atoms. The summed E-state index contributed by atoms with van der Waals surface area (Å²) in [6, 6.07) is 4.28. The van der Waals surface area contributed by atoms with Gasteiger partial charge in [0.2, 0.25) is 0 Å². The Bertz CT molecular complexity index is 427. The topological polar surface area (TPSA) is 66.8 Å². The van der Waals surface area contributed by atoms with Gasteiger partial charge in [0.15, 0.2) is 0 Å². The van der Waals surface area contributed by atoms with Crippen LogP contribution in [0.15, 0.2) is 18.2 Å². The van der Waals surface area contributed by atoms with Crippen LogP contribution in [0.3, 0.4) is 0 Å². The second-order valence-electron chi connectivity index (χ2n) is 4.95. The molecule has 1 aromatic rings. The van der Waals surface area contributed by atoms with Gasteiger partial charge in [-0.25, -0.2) is 4.79 Å². The SMILES string of the molecule is CC(O)c1cc(C(=O)OC(C)(C)C)ccc1O.[B-].[Na+]. The number of carbonyl (C=O) groups excluding carboxylic acids is 1. The zero-order valence-corrected chi connectivity index (χ0v) is 14.1. The molecule has 0 saturated heterocycles. The fourth-order valence-corrected chi connectivity index (χ4v) is 1.35. The van der Waals surface area contributed by atoms with Crippen LogP contribution in [-0.2, 0) is 4.74 Å². The molecule has 4 radical (unpaired) electrons. The molecule has 0 aromatic heterocycles. The van der Waals surface area contributed by atoms with Crippen molar-refractivity contribution in [2.45, 2.75) is 39.4 Å².